The highest BCUT2D eigenvalue weighted by Gasteiger charge is 2.39. The molecule has 1 aliphatic heterocycles. The van der Waals surface area contributed by atoms with Gasteiger partial charge in [0, 0.05) is 19.7 Å². The number of hydrogen-bond acceptors (Lipinski definition) is 4. The second-order valence-electron chi connectivity index (χ2n) is 6.37. The van der Waals surface area contributed by atoms with Gasteiger partial charge in [-0.1, -0.05) is 6.92 Å². The van der Waals surface area contributed by atoms with Crippen molar-refractivity contribution < 1.29 is 4.74 Å². The van der Waals surface area contributed by atoms with Crippen molar-refractivity contribution in [2.45, 2.75) is 69.6 Å². The summed E-state index contributed by atoms with van der Waals surface area (Å²) in [5.41, 5.74) is -0.293. The van der Waals surface area contributed by atoms with Crippen LogP contribution in [0.1, 0.15) is 51.9 Å². The largest absolute Gasteiger partial charge is 0.380 e. The van der Waals surface area contributed by atoms with Crippen LogP contribution < -0.4 is 5.32 Å². The molecule has 4 heteroatoms. The van der Waals surface area contributed by atoms with Crippen LogP contribution in [0.25, 0.3) is 0 Å². The third-order valence-corrected chi connectivity index (χ3v) is 4.91. The molecule has 0 spiro atoms. The molecule has 1 saturated heterocycles. The molecule has 114 valence electrons. The van der Waals surface area contributed by atoms with E-state index in [1.807, 2.05) is 7.11 Å². The van der Waals surface area contributed by atoms with E-state index in [-0.39, 0.29) is 5.54 Å². The minimum Gasteiger partial charge on any atom is -0.380 e. The van der Waals surface area contributed by atoms with Crippen LogP contribution in [0.15, 0.2) is 0 Å². The van der Waals surface area contributed by atoms with Gasteiger partial charge in [0.2, 0.25) is 0 Å². The molecule has 1 aliphatic carbocycles. The fourth-order valence-corrected chi connectivity index (χ4v) is 3.71. The molecule has 0 aromatic carbocycles. The van der Waals surface area contributed by atoms with E-state index in [0.717, 1.165) is 38.8 Å². The normalized spacial score (nSPS) is 35.6. The Bertz CT molecular complexity index is 341. The average Bonchev–Trinajstić information content (AvgIpc) is 2.53. The number of likely N-dealkylation sites (tertiary alicyclic amines) is 1. The molecule has 0 aromatic heterocycles. The fourth-order valence-electron chi connectivity index (χ4n) is 3.71. The first-order valence-corrected chi connectivity index (χ1v) is 8.16. The standard InChI is InChI=1S/C16H29N3O/c1-3-9-18-16(13-17)8-4-6-14(11-16)19-10-5-7-15(12-19)20-2/h14-15,18H,3-12H2,1-2H3. The first-order chi connectivity index (χ1) is 9.73. The van der Waals surface area contributed by atoms with Crippen LogP contribution in [0.2, 0.25) is 0 Å². The zero-order valence-electron chi connectivity index (χ0n) is 13.0. The lowest BCUT2D eigenvalue weighted by Gasteiger charge is -2.44. The molecule has 2 aliphatic rings. The Labute approximate surface area is 123 Å². The molecular weight excluding hydrogens is 250 g/mol. The van der Waals surface area contributed by atoms with Crippen LogP contribution in [0.4, 0.5) is 0 Å². The Morgan fingerprint density at radius 1 is 1.40 bits per heavy atom. The van der Waals surface area contributed by atoms with E-state index >= 15 is 0 Å². The predicted molar refractivity (Wildman–Crippen MR) is 80.5 cm³/mol. The highest BCUT2D eigenvalue weighted by Crippen LogP contribution is 2.32. The van der Waals surface area contributed by atoms with Gasteiger partial charge in [0.1, 0.15) is 5.54 Å². The van der Waals surface area contributed by atoms with Gasteiger partial charge in [0.25, 0.3) is 0 Å². The quantitative estimate of drug-likeness (QED) is 0.839. The van der Waals surface area contributed by atoms with Gasteiger partial charge in [-0.3, -0.25) is 10.2 Å². The van der Waals surface area contributed by atoms with E-state index in [9.17, 15) is 5.26 Å². The monoisotopic (exact) mass is 279 g/mol. The molecule has 1 saturated carbocycles. The van der Waals surface area contributed by atoms with Crippen molar-refractivity contribution in [1.82, 2.24) is 10.2 Å². The summed E-state index contributed by atoms with van der Waals surface area (Å²) in [4.78, 5) is 2.57. The summed E-state index contributed by atoms with van der Waals surface area (Å²) in [6, 6.07) is 3.12. The van der Waals surface area contributed by atoms with Crippen LogP contribution >= 0.6 is 0 Å². The number of nitrogens with one attached hydrogen (secondary N) is 1. The van der Waals surface area contributed by atoms with Gasteiger partial charge in [0.05, 0.1) is 12.2 Å². The number of hydrogen-bond donors (Lipinski definition) is 1. The Kier molecular flexibility index (Phi) is 5.83. The summed E-state index contributed by atoms with van der Waals surface area (Å²) in [5.74, 6) is 0. The molecule has 3 unspecified atom stereocenters. The van der Waals surface area contributed by atoms with Gasteiger partial charge in [-0.15, -0.1) is 0 Å². The Morgan fingerprint density at radius 3 is 2.95 bits per heavy atom. The van der Waals surface area contributed by atoms with Crippen LogP contribution in [0.5, 0.6) is 0 Å². The lowest BCUT2D eigenvalue weighted by atomic mass is 9.78. The Hall–Kier alpha value is -0.630. The average molecular weight is 279 g/mol. The van der Waals surface area contributed by atoms with Gasteiger partial charge in [-0.05, 0) is 58.0 Å². The molecule has 0 aromatic rings. The van der Waals surface area contributed by atoms with Gasteiger partial charge in [-0.25, -0.2) is 0 Å². The number of piperidine rings is 1. The number of nitriles is 1. The van der Waals surface area contributed by atoms with E-state index in [0.29, 0.717) is 12.1 Å². The van der Waals surface area contributed by atoms with Crippen LogP contribution in [-0.4, -0.2) is 49.3 Å². The number of methoxy groups -OCH3 is 1. The lowest BCUT2D eigenvalue weighted by Crippen LogP contribution is -2.55. The summed E-state index contributed by atoms with van der Waals surface area (Å²) >= 11 is 0. The highest BCUT2D eigenvalue weighted by molar-refractivity contribution is 5.11. The summed E-state index contributed by atoms with van der Waals surface area (Å²) in [6.45, 7) is 5.31. The minimum absolute atomic E-state index is 0.293. The number of rotatable bonds is 5. The number of nitrogens with zero attached hydrogens (tertiary/aromatic N) is 2. The predicted octanol–water partition coefficient (Wildman–Crippen LogP) is 2.30. The van der Waals surface area contributed by atoms with Gasteiger partial charge in [-0.2, -0.15) is 5.26 Å². The molecule has 1 N–H and O–H groups in total. The van der Waals surface area contributed by atoms with E-state index in [4.69, 9.17) is 4.74 Å². The molecular formula is C16H29N3O. The third kappa shape index (κ3) is 3.72. The topological polar surface area (TPSA) is 48.3 Å². The van der Waals surface area contributed by atoms with Crippen molar-refractivity contribution in [1.29, 1.82) is 5.26 Å². The molecule has 0 radical (unpaired) electrons. The molecule has 0 bridgehead atoms. The highest BCUT2D eigenvalue weighted by atomic mass is 16.5. The van der Waals surface area contributed by atoms with Crippen molar-refractivity contribution >= 4 is 0 Å². The van der Waals surface area contributed by atoms with Crippen molar-refractivity contribution in [2.75, 3.05) is 26.7 Å². The molecule has 1 heterocycles. The SMILES string of the molecule is CCCNC1(C#N)CCCC(N2CCCC(OC)C2)C1. The molecule has 2 rings (SSSR count). The Morgan fingerprint density at radius 2 is 2.25 bits per heavy atom. The summed E-state index contributed by atoms with van der Waals surface area (Å²) in [6.07, 6.45) is 8.22. The number of ether oxygens (including phenoxy) is 1. The second-order valence-corrected chi connectivity index (χ2v) is 6.37. The maximum atomic E-state index is 9.63. The summed E-state index contributed by atoms with van der Waals surface area (Å²) in [7, 11) is 1.82. The zero-order valence-corrected chi connectivity index (χ0v) is 13.0. The molecule has 2 fully saturated rings. The van der Waals surface area contributed by atoms with Crippen molar-refractivity contribution in [2.24, 2.45) is 0 Å². The first-order valence-electron chi connectivity index (χ1n) is 8.16. The third-order valence-electron chi connectivity index (χ3n) is 4.91. The maximum Gasteiger partial charge on any atom is 0.108 e. The molecule has 0 amide bonds. The Balaban J connectivity index is 1.96. The molecule has 3 atom stereocenters. The minimum atomic E-state index is -0.293. The van der Waals surface area contributed by atoms with E-state index in [1.54, 1.807) is 0 Å². The van der Waals surface area contributed by atoms with E-state index in [2.05, 4.69) is 23.2 Å². The van der Waals surface area contributed by atoms with E-state index in [1.165, 1.54) is 25.8 Å². The summed E-state index contributed by atoms with van der Waals surface area (Å²) in [5, 5.41) is 13.1. The lowest BCUT2D eigenvalue weighted by molar-refractivity contribution is 0.00156. The summed E-state index contributed by atoms with van der Waals surface area (Å²) < 4.78 is 5.53. The molecule has 20 heavy (non-hydrogen) atoms. The first kappa shape index (κ1) is 15.8. The van der Waals surface area contributed by atoms with Crippen molar-refractivity contribution in [3.63, 3.8) is 0 Å². The van der Waals surface area contributed by atoms with Crippen molar-refractivity contribution in [3.05, 3.63) is 0 Å². The van der Waals surface area contributed by atoms with Crippen LogP contribution in [0.3, 0.4) is 0 Å². The van der Waals surface area contributed by atoms with Crippen LogP contribution in [-0.2, 0) is 4.74 Å². The smallest absolute Gasteiger partial charge is 0.108 e. The fraction of sp³-hybridized carbons (Fsp3) is 0.938. The van der Waals surface area contributed by atoms with Gasteiger partial charge >= 0.3 is 0 Å². The van der Waals surface area contributed by atoms with E-state index < -0.39 is 0 Å². The zero-order chi connectivity index (χ0) is 14.4. The molecule has 4 nitrogen and oxygen atoms in total. The second kappa shape index (κ2) is 7.40. The van der Waals surface area contributed by atoms with Crippen molar-refractivity contribution in [3.8, 4) is 6.07 Å². The van der Waals surface area contributed by atoms with Gasteiger partial charge in [0.15, 0.2) is 0 Å². The van der Waals surface area contributed by atoms with Crippen LogP contribution in [0, 0.1) is 11.3 Å². The maximum absolute atomic E-state index is 9.63. The van der Waals surface area contributed by atoms with Gasteiger partial charge < -0.3 is 4.74 Å².